The molecule has 1 unspecified atom stereocenters. The van der Waals surface area contributed by atoms with Crippen molar-refractivity contribution in [3.63, 3.8) is 0 Å². The third-order valence-corrected chi connectivity index (χ3v) is 2.66. The highest BCUT2D eigenvalue weighted by Crippen LogP contribution is 2.23. The molecule has 0 aliphatic carbocycles. The van der Waals surface area contributed by atoms with Gasteiger partial charge in [0.05, 0.1) is 12.6 Å². The molecule has 0 aromatic heterocycles. The Bertz CT molecular complexity index is 366. The Morgan fingerprint density at radius 3 is 2.75 bits per heavy atom. The molecule has 1 aromatic carbocycles. The summed E-state index contributed by atoms with van der Waals surface area (Å²) in [6, 6.07) is 6.85. The molecule has 16 heavy (non-hydrogen) atoms. The number of aromatic hydroxyl groups is 1. The summed E-state index contributed by atoms with van der Waals surface area (Å²) in [5.41, 5.74) is 6.26. The highest BCUT2D eigenvalue weighted by molar-refractivity contribution is 5.78. The summed E-state index contributed by atoms with van der Waals surface area (Å²) >= 11 is 0. The van der Waals surface area contributed by atoms with E-state index in [1.165, 1.54) is 0 Å². The molecule has 0 fully saturated rings. The fourth-order valence-electron chi connectivity index (χ4n) is 1.75. The molecular weight excluding hydrogens is 204 g/mol. The topological polar surface area (TPSA) is 66.6 Å². The molecule has 0 spiro atoms. The monoisotopic (exact) mass is 222 g/mol. The van der Waals surface area contributed by atoms with Crippen LogP contribution < -0.4 is 5.73 Å². The number of benzene rings is 1. The molecule has 0 aliphatic rings. The van der Waals surface area contributed by atoms with E-state index in [1.807, 2.05) is 19.9 Å². The van der Waals surface area contributed by atoms with Gasteiger partial charge in [-0.1, -0.05) is 12.1 Å². The van der Waals surface area contributed by atoms with Crippen molar-refractivity contribution < 1.29 is 9.90 Å². The lowest BCUT2D eigenvalue weighted by atomic mass is 10.1. The van der Waals surface area contributed by atoms with Crippen LogP contribution >= 0.6 is 0 Å². The molecule has 0 radical (unpaired) electrons. The molecular formula is C12H18N2O2. The molecule has 0 aliphatic heterocycles. The predicted molar refractivity (Wildman–Crippen MR) is 63.0 cm³/mol. The average Bonchev–Trinajstić information content (AvgIpc) is 2.29. The van der Waals surface area contributed by atoms with Crippen molar-refractivity contribution >= 4 is 5.91 Å². The van der Waals surface area contributed by atoms with Crippen LogP contribution in [0.4, 0.5) is 0 Å². The molecule has 1 amide bonds. The van der Waals surface area contributed by atoms with Crippen LogP contribution in [0, 0.1) is 0 Å². The van der Waals surface area contributed by atoms with Crippen molar-refractivity contribution in [1.29, 1.82) is 0 Å². The van der Waals surface area contributed by atoms with Crippen molar-refractivity contribution in [2.24, 2.45) is 5.73 Å². The summed E-state index contributed by atoms with van der Waals surface area (Å²) in [4.78, 5) is 13.3. The molecule has 1 aromatic rings. The molecule has 4 nitrogen and oxygen atoms in total. The summed E-state index contributed by atoms with van der Waals surface area (Å²) in [5, 5.41) is 9.38. The second-order valence-electron chi connectivity index (χ2n) is 3.65. The second kappa shape index (κ2) is 5.51. The number of amides is 1. The molecule has 0 saturated heterocycles. The Hall–Kier alpha value is -1.55. The van der Waals surface area contributed by atoms with Gasteiger partial charge in [-0.25, -0.2) is 0 Å². The van der Waals surface area contributed by atoms with Crippen LogP contribution in [-0.4, -0.2) is 29.0 Å². The first-order valence-electron chi connectivity index (χ1n) is 5.38. The molecule has 0 heterocycles. The number of hydrogen-bond donors (Lipinski definition) is 2. The number of carbonyl (C=O) groups excluding carboxylic acids is 1. The Morgan fingerprint density at radius 2 is 2.25 bits per heavy atom. The van der Waals surface area contributed by atoms with E-state index in [0.29, 0.717) is 6.54 Å². The lowest BCUT2D eigenvalue weighted by Crippen LogP contribution is -2.37. The molecule has 3 N–H and O–H groups in total. The van der Waals surface area contributed by atoms with E-state index < -0.39 is 0 Å². The first-order valence-corrected chi connectivity index (χ1v) is 5.38. The minimum atomic E-state index is -0.0849. The van der Waals surface area contributed by atoms with Crippen molar-refractivity contribution in [2.45, 2.75) is 19.9 Å². The number of nitrogens with two attached hydrogens (primary N) is 1. The normalized spacial score (nSPS) is 12.2. The zero-order valence-electron chi connectivity index (χ0n) is 9.68. The van der Waals surface area contributed by atoms with E-state index in [0.717, 1.165) is 5.56 Å². The number of phenolic OH excluding ortho intramolecular Hbond substituents is 1. The maximum Gasteiger partial charge on any atom is 0.236 e. The summed E-state index contributed by atoms with van der Waals surface area (Å²) in [6.45, 7) is 4.45. The Kier molecular flexibility index (Phi) is 4.31. The molecule has 0 bridgehead atoms. The molecule has 4 heteroatoms. The zero-order valence-corrected chi connectivity index (χ0v) is 9.68. The van der Waals surface area contributed by atoms with Gasteiger partial charge in [-0.2, -0.15) is 0 Å². The van der Waals surface area contributed by atoms with Crippen molar-refractivity contribution in [3.8, 4) is 5.75 Å². The Labute approximate surface area is 95.7 Å². The summed E-state index contributed by atoms with van der Waals surface area (Å²) < 4.78 is 0. The SMILES string of the molecule is CCN(C(=O)CN)C(C)c1cccc(O)c1. The third-order valence-electron chi connectivity index (χ3n) is 2.66. The van der Waals surface area contributed by atoms with Gasteiger partial charge in [-0.3, -0.25) is 4.79 Å². The van der Waals surface area contributed by atoms with E-state index in [9.17, 15) is 9.90 Å². The highest BCUT2D eigenvalue weighted by atomic mass is 16.3. The van der Waals surface area contributed by atoms with Gasteiger partial charge < -0.3 is 15.7 Å². The number of rotatable bonds is 4. The van der Waals surface area contributed by atoms with Gasteiger partial charge in [0.15, 0.2) is 0 Å². The van der Waals surface area contributed by atoms with E-state index in [4.69, 9.17) is 5.73 Å². The highest BCUT2D eigenvalue weighted by Gasteiger charge is 2.18. The number of likely N-dealkylation sites (N-methyl/N-ethyl adjacent to an activating group) is 1. The maximum atomic E-state index is 11.6. The van der Waals surface area contributed by atoms with Gasteiger partial charge in [-0.05, 0) is 31.5 Å². The van der Waals surface area contributed by atoms with Crippen LogP contribution in [0.15, 0.2) is 24.3 Å². The first kappa shape index (κ1) is 12.5. The van der Waals surface area contributed by atoms with Gasteiger partial charge in [0.2, 0.25) is 5.91 Å². The van der Waals surface area contributed by atoms with Crippen LogP contribution in [0.25, 0.3) is 0 Å². The van der Waals surface area contributed by atoms with Crippen LogP contribution in [0.3, 0.4) is 0 Å². The van der Waals surface area contributed by atoms with Crippen LogP contribution in [0.1, 0.15) is 25.5 Å². The molecule has 0 saturated carbocycles. The van der Waals surface area contributed by atoms with E-state index >= 15 is 0 Å². The van der Waals surface area contributed by atoms with Crippen LogP contribution in [0.2, 0.25) is 0 Å². The van der Waals surface area contributed by atoms with E-state index in [-0.39, 0.29) is 24.2 Å². The minimum Gasteiger partial charge on any atom is -0.508 e. The van der Waals surface area contributed by atoms with Crippen molar-refractivity contribution in [3.05, 3.63) is 29.8 Å². The first-order chi connectivity index (χ1) is 7.60. The summed E-state index contributed by atoms with van der Waals surface area (Å²) in [7, 11) is 0. The van der Waals surface area contributed by atoms with Gasteiger partial charge in [0.1, 0.15) is 5.75 Å². The number of hydrogen-bond acceptors (Lipinski definition) is 3. The molecule has 1 rings (SSSR count). The number of carbonyl (C=O) groups is 1. The van der Waals surface area contributed by atoms with Crippen molar-refractivity contribution in [1.82, 2.24) is 4.90 Å². The fraction of sp³-hybridized carbons (Fsp3) is 0.417. The second-order valence-corrected chi connectivity index (χ2v) is 3.65. The molecule has 88 valence electrons. The van der Waals surface area contributed by atoms with E-state index in [2.05, 4.69) is 0 Å². The minimum absolute atomic E-state index is 0.0109. The van der Waals surface area contributed by atoms with Gasteiger partial charge in [0, 0.05) is 6.54 Å². The largest absolute Gasteiger partial charge is 0.508 e. The zero-order chi connectivity index (χ0) is 12.1. The smallest absolute Gasteiger partial charge is 0.236 e. The van der Waals surface area contributed by atoms with Gasteiger partial charge >= 0.3 is 0 Å². The third kappa shape index (κ3) is 2.73. The molecule has 1 atom stereocenters. The van der Waals surface area contributed by atoms with Crippen LogP contribution in [0.5, 0.6) is 5.75 Å². The summed E-state index contributed by atoms with van der Waals surface area (Å²) in [6.07, 6.45) is 0. The van der Waals surface area contributed by atoms with Crippen LogP contribution in [-0.2, 0) is 4.79 Å². The number of nitrogens with zero attached hydrogens (tertiary/aromatic N) is 1. The Morgan fingerprint density at radius 1 is 1.56 bits per heavy atom. The van der Waals surface area contributed by atoms with Crippen molar-refractivity contribution in [2.75, 3.05) is 13.1 Å². The Balaban J connectivity index is 2.90. The van der Waals surface area contributed by atoms with Gasteiger partial charge in [-0.15, -0.1) is 0 Å². The quantitative estimate of drug-likeness (QED) is 0.806. The summed E-state index contributed by atoms with van der Waals surface area (Å²) in [5.74, 6) is 0.124. The standard InChI is InChI=1S/C12H18N2O2/c1-3-14(12(16)8-13)9(2)10-5-4-6-11(15)7-10/h4-7,9,15H,3,8,13H2,1-2H3. The number of phenols is 1. The predicted octanol–water partition coefficient (Wildman–Crippen LogP) is 1.26. The lowest BCUT2D eigenvalue weighted by molar-refractivity contribution is -0.131. The van der Waals surface area contributed by atoms with Gasteiger partial charge in [0.25, 0.3) is 0 Å². The van der Waals surface area contributed by atoms with E-state index in [1.54, 1.807) is 23.1 Å². The lowest BCUT2D eigenvalue weighted by Gasteiger charge is -2.28. The average molecular weight is 222 g/mol. The fourth-order valence-corrected chi connectivity index (χ4v) is 1.75. The maximum absolute atomic E-state index is 11.6.